The Hall–Kier alpha value is -2.61. The summed E-state index contributed by atoms with van der Waals surface area (Å²) in [5, 5.41) is 3.30. The summed E-state index contributed by atoms with van der Waals surface area (Å²) in [7, 11) is 0. The third-order valence-electron chi connectivity index (χ3n) is 3.28. The Labute approximate surface area is 143 Å². The average molecular weight is 342 g/mol. The number of aromatic nitrogens is 5. The number of aryl methyl sites for hydroxylation is 1. The zero-order chi connectivity index (χ0) is 17.1. The molecule has 0 atom stereocenters. The van der Waals surface area contributed by atoms with Crippen molar-refractivity contribution in [3.05, 3.63) is 42.5 Å². The van der Waals surface area contributed by atoms with E-state index in [0.717, 1.165) is 28.5 Å². The summed E-state index contributed by atoms with van der Waals surface area (Å²) in [6.07, 6.45) is 7.17. The number of hydrogen-bond acceptors (Lipinski definition) is 6. The molecule has 0 unspecified atom stereocenters. The average Bonchev–Trinajstić information content (AvgIpc) is 3.16. The van der Waals surface area contributed by atoms with Gasteiger partial charge in [-0.1, -0.05) is 25.2 Å². The zero-order valence-electron chi connectivity index (χ0n) is 13.7. The van der Waals surface area contributed by atoms with Crippen molar-refractivity contribution in [2.24, 2.45) is 5.92 Å². The lowest BCUT2D eigenvalue weighted by Gasteiger charge is -2.04. The van der Waals surface area contributed by atoms with E-state index < -0.39 is 0 Å². The highest BCUT2D eigenvalue weighted by Crippen LogP contribution is 2.31. The van der Waals surface area contributed by atoms with Crippen molar-refractivity contribution in [2.45, 2.75) is 27.2 Å². The van der Waals surface area contributed by atoms with Gasteiger partial charge in [0.15, 0.2) is 5.13 Å². The number of carbonyl (C=O) groups is 1. The van der Waals surface area contributed by atoms with Crippen LogP contribution in [0.15, 0.2) is 31.0 Å². The molecule has 1 N–H and O–H groups in total. The van der Waals surface area contributed by atoms with E-state index in [1.807, 2.05) is 13.0 Å². The molecule has 0 saturated carbocycles. The van der Waals surface area contributed by atoms with E-state index in [1.165, 1.54) is 22.2 Å². The molecule has 0 spiro atoms. The third-order valence-corrected chi connectivity index (χ3v) is 4.37. The van der Waals surface area contributed by atoms with Crippen LogP contribution in [0.5, 0.6) is 0 Å². The Morgan fingerprint density at radius 3 is 2.88 bits per heavy atom. The Kier molecular flexibility index (Phi) is 4.66. The molecule has 0 aliphatic rings. The molecular weight excluding hydrogens is 324 g/mol. The maximum Gasteiger partial charge on any atom is 0.333 e. The third kappa shape index (κ3) is 3.65. The largest absolute Gasteiger partial charge is 0.333 e. The molecule has 7 nitrogen and oxygen atoms in total. The van der Waals surface area contributed by atoms with E-state index in [4.69, 9.17) is 0 Å². The lowest BCUT2D eigenvalue weighted by Crippen LogP contribution is -2.17. The van der Waals surface area contributed by atoms with Gasteiger partial charge in [-0.3, -0.25) is 9.88 Å². The van der Waals surface area contributed by atoms with Crippen molar-refractivity contribution in [1.29, 1.82) is 0 Å². The normalized spacial score (nSPS) is 11.0. The first-order chi connectivity index (χ1) is 11.5. The number of nitrogens with one attached hydrogen (secondary N) is 1. The van der Waals surface area contributed by atoms with E-state index >= 15 is 0 Å². The molecule has 0 aliphatic carbocycles. The van der Waals surface area contributed by atoms with Gasteiger partial charge in [0.1, 0.15) is 12.2 Å². The second kappa shape index (κ2) is 6.88. The van der Waals surface area contributed by atoms with Crippen molar-refractivity contribution >= 4 is 22.5 Å². The Morgan fingerprint density at radius 2 is 2.17 bits per heavy atom. The van der Waals surface area contributed by atoms with Crippen LogP contribution in [-0.2, 0) is 6.42 Å². The van der Waals surface area contributed by atoms with Gasteiger partial charge >= 0.3 is 6.03 Å². The molecule has 8 heteroatoms. The summed E-state index contributed by atoms with van der Waals surface area (Å²) < 4.78 is 1.36. The summed E-state index contributed by atoms with van der Waals surface area (Å²) >= 11 is 1.40. The first-order valence-corrected chi connectivity index (χ1v) is 8.43. The van der Waals surface area contributed by atoms with Crippen LogP contribution in [0.1, 0.15) is 25.4 Å². The Morgan fingerprint density at radius 1 is 1.33 bits per heavy atom. The lowest BCUT2D eigenvalue weighted by molar-refractivity contribution is 0.253. The number of nitrogens with zero attached hydrogens (tertiary/aromatic N) is 5. The highest BCUT2D eigenvalue weighted by atomic mass is 32.1. The van der Waals surface area contributed by atoms with Crippen molar-refractivity contribution in [3.63, 3.8) is 0 Å². The fourth-order valence-corrected chi connectivity index (χ4v) is 3.14. The van der Waals surface area contributed by atoms with Gasteiger partial charge in [0, 0.05) is 25.0 Å². The molecule has 0 bridgehead atoms. The Balaban J connectivity index is 1.82. The molecular formula is C16H18N6OS. The summed E-state index contributed by atoms with van der Waals surface area (Å²) in [6.45, 7) is 6.18. The van der Waals surface area contributed by atoms with Gasteiger partial charge in [-0.2, -0.15) is 0 Å². The van der Waals surface area contributed by atoms with Gasteiger partial charge in [0.05, 0.1) is 16.3 Å². The van der Waals surface area contributed by atoms with Crippen LogP contribution in [0.2, 0.25) is 0 Å². The van der Waals surface area contributed by atoms with E-state index in [1.54, 1.807) is 18.6 Å². The summed E-state index contributed by atoms with van der Waals surface area (Å²) in [5.41, 5.74) is 1.66. The maximum absolute atomic E-state index is 12.1. The highest BCUT2D eigenvalue weighted by molar-refractivity contribution is 7.19. The number of thiazole rings is 1. The minimum Gasteiger partial charge on any atom is -0.283 e. The first kappa shape index (κ1) is 16.3. The molecule has 0 radical (unpaired) electrons. The van der Waals surface area contributed by atoms with Crippen LogP contribution in [0.4, 0.5) is 9.93 Å². The molecule has 3 rings (SSSR count). The molecule has 124 valence electrons. The topological polar surface area (TPSA) is 85.6 Å². The van der Waals surface area contributed by atoms with Crippen LogP contribution in [0.25, 0.3) is 10.6 Å². The summed E-state index contributed by atoms with van der Waals surface area (Å²) in [4.78, 5) is 30.2. The molecule has 0 fully saturated rings. The quantitative estimate of drug-likeness (QED) is 0.785. The molecule has 3 aromatic heterocycles. The summed E-state index contributed by atoms with van der Waals surface area (Å²) in [6, 6.07) is 1.57. The number of carbonyl (C=O) groups excluding carboxylic acids is 1. The van der Waals surface area contributed by atoms with Crippen molar-refractivity contribution < 1.29 is 4.79 Å². The highest BCUT2D eigenvalue weighted by Gasteiger charge is 2.14. The number of hydrogen-bond donors (Lipinski definition) is 1. The molecule has 0 aliphatic heterocycles. The molecule has 24 heavy (non-hydrogen) atoms. The zero-order valence-corrected chi connectivity index (χ0v) is 14.5. The van der Waals surface area contributed by atoms with Gasteiger partial charge in [-0.15, -0.1) is 0 Å². The van der Waals surface area contributed by atoms with Crippen LogP contribution >= 0.6 is 11.3 Å². The molecule has 0 aromatic carbocycles. The predicted octanol–water partition coefficient (Wildman–Crippen LogP) is 3.38. The van der Waals surface area contributed by atoms with Crippen molar-refractivity contribution in [1.82, 2.24) is 24.5 Å². The minimum absolute atomic E-state index is 0.295. The monoisotopic (exact) mass is 342 g/mol. The van der Waals surface area contributed by atoms with E-state index in [0.29, 0.717) is 11.0 Å². The minimum atomic E-state index is -0.295. The number of anilines is 1. The number of rotatable bonds is 4. The van der Waals surface area contributed by atoms with Crippen molar-refractivity contribution in [2.75, 3.05) is 5.32 Å². The fraction of sp³-hybridized carbons (Fsp3) is 0.312. The first-order valence-electron chi connectivity index (χ1n) is 7.62. The fourth-order valence-electron chi connectivity index (χ4n) is 2.21. The number of imidazole rings is 1. The van der Waals surface area contributed by atoms with Gasteiger partial charge in [0.25, 0.3) is 0 Å². The van der Waals surface area contributed by atoms with Crippen molar-refractivity contribution in [3.8, 4) is 10.6 Å². The molecule has 3 aromatic rings. The van der Waals surface area contributed by atoms with E-state index in [2.05, 4.69) is 39.1 Å². The number of amides is 1. The smallest absolute Gasteiger partial charge is 0.283 e. The predicted molar refractivity (Wildman–Crippen MR) is 93.1 cm³/mol. The molecule has 3 heterocycles. The van der Waals surface area contributed by atoms with Gasteiger partial charge < -0.3 is 0 Å². The molecule has 0 saturated heterocycles. The van der Waals surface area contributed by atoms with Crippen LogP contribution in [0.3, 0.4) is 0 Å². The second-order valence-electron chi connectivity index (χ2n) is 5.79. The second-order valence-corrected chi connectivity index (χ2v) is 6.79. The van der Waals surface area contributed by atoms with E-state index in [9.17, 15) is 4.79 Å². The lowest BCUT2D eigenvalue weighted by atomic mass is 10.1. The van der Waals surface area contributed by atoms with Gasteiger partial charge in [-0.25, -0.2) is 24.7 Å². The molecule has 1 amide bonds. The van der Waals surface area contributed by atoms with Crippen LogP contribution in [-0.4, -0.2) is 30.5 Å². The standard InChI is InChI=1S/C16H18N6OS/c1-10(2)8-13-18-5-4-12(20-13)14-11(3)19-15(24-14)21-16(23)22-7-6-17-9-22/h4-7,9-10H,8H2,1-3H3,(H,19,21,23). The SMILES string of the molecule is Cc1nc(NC(=O)n2ccnc2)sc1-c1ccnc(CC(C)C)n1. The van der Waals surface area contributed by atoms with Gasteiger partial charge in [-0.05, 0) is 18.9 Å². The van der Waals surface area contributed by atoms with Crippen LogP contribution < -0.4 is 5.32 Å². The van der Waals surface area contributed by atoms with Gasteiger partial charge in [0.2, 0.25) is 0 Å². The summed E-state index contributed by atoms with van der Waals surface area (Å²) in [5.74, 6) is 1.31. The maximum atomic E-state index is 12.1. The van der Waals surface area contributed by atoms with E-state index in [-0.39, 0.29) is 6.03 Å². The van der Waals surface area contributed by atoms with Crippen LogP contribution in [0, 0.1) is 12.8 Å². The Bertz CT molecular complexity index is 840.